The van der Waals surface area contributed by atoms with E-state index in [4.69, 9.17) is 4.74 Å². The van der Waals surface area contributed by atoms with Crippen LogP contribution in [0.5, 0.6) is 0 Å². The minimum atomic E-state index is -0.180. The maximum atomic E-state index is 11.3. The summed E-state index contributed by atoms with van der Waals surface area (Å²) in [6, 6.07) is 0. The molecule has 1 fully saturated rings. The van der Waals surface area contributed by atoms with Crippen LogP contribution in [0, 0.1) is 0 Å². The van der Waals surface area contributed by atoms with Crippen LogP contribution >= 0.6 is 0 Å². The fourth-order valence-corrected chi connectivity index (χ4v) is 1.82. The molecule has 0 aromatic heterocycles. The monoisotopic (exact) mass is 241 g/mol. The van der Waals surface area contributed by atoms with Gasteiger partial charge in [0.05, 0.1) is 6.61 Å². The Morgan fingerprint density at radius 1 is 1.18 bits per heavy atom. The number of hydrogen-bond acceptors (Lipinski definition) is 4. The van der Waals surface area contributed by atoms with Crippen LogP contribution in [0.1, 0.15) is 45.4 Å². The SMILES string of the molecule is CCOC(=O)CCCCCN1C(=O)CCC1=O. The minimum absolute atomic E-state index is 0.0691. The van der Waals surface area contributed by atoms with E-state index in [-0.39, 0.29) is 17.8 Å². The third-order valence-electron chi connectivity index (χ3n) is 2.72. The third-order valence-corrected chi connectivity index (χ3v) is 2.72. The van der Waals surface area contributed by atoms with E-state index >= 15 is 0 Å². The maximum absolute atomic E-state index is 11.3. The first-order valence-electron chi connectivity index (χ1n) is 6.14. The number of imide groups is 1. The van der Waals surface area contributed by atoms with Crippen molar-refractivity contribution in [2.45, 2.75) is 45.4 Å². The van der Waals surface area contributed by atoms with Gasteiger partial charge < -0.3 is 4.74 Å². The molecule has 0 aromatic rings. The van der Waals surface area contributed by atoms with E-state index in [2.05, 4.69) is 0 Å². The van der Waals surface area contributed by atoms with Crippen molar-refractivity contribution in [2.75, 3.05) is 13.2 Å². The van der Waals surface area contributed by atoms with Crippen LogP contribution < -0.4 is 0 Å². The molecular formula is C12H19NO4. The van der Waals surface area contributed by atoms with Gasteiger partial charge in [0.15, 0.2) is 0 Å². The molecule has 1 aliphatic heterocycles. The Bertz CT molecular complexity index is 285. The Balaban J connectivity index is 2.06. The van der Waals surface area contributed by atoms with Gasteiger partial charge in [0, 0.05) is 25.8 Å². The number of likely N-dealkylation sites (tertiary alicyclic amines) is 1. The number of ether oxygens (including phenoxy) is 1. The van der Waals surface area contributed by atoms with Crippen LogP contribution in [0.4, 0.5) is 0 Å². The number of hydrogen-bond donors (Lipinski definition) is 0. The second kappa shape index (κ2) is 7.04. The summed E-state index contributed by atoms with van der Waals surface area (Å²) in [5.41, 5.74) is 0. The van der Waals surface area contributed by atoms with Crippen LogP contribution in [0.2, 0.25) is 0 Å². The van der Waals surface area contributed by atoms with Crippen LogP contribution in [-0.4, -0.2) is 35.8 Å². The van der Waals surface area contributed by atoms with E-state index < -0.39 is 0 Å². The zero-order chi connectivity index (χ0) is 12.7. The van der Waals surface area contributed by atoms with Gasteiger partial charge in [0.25, 0.3) is 0 Å². The van der Waals surface area contributed by atoms with E-state index in [9.17, 15) is 14.4 Å². The van der Waals surface area contributed by atoms with Crippen LogP contribution in [0.15, 0.2) is 0 Å². The molecule has 1 saturated heterocycles. The van der Waals surface area contributed by atoms with Crippen LogP contribution in [-0.2, 0) is 19.1 Å². The number of esters is 1. The fraction of sp³-hybridized carbons (Fsp3) is 0.750. The highest BCUT2D eigenvalue weighted by atomic mass is 16.5. The Labute approximate surface area is 101 Å². The van der Waals surface area contributed by atoms with Crippen LogP contribution in [0.3, 0.4) is 0 Å². The van der Waals surface area contributed by atoms with E-state index in [1.54, 1.807) is 6.92 Å². The molecule has 0 atom stereocenters. The molecule has 96 valence electrons. The van der Waals surface area contributed by atoms with Gasteiger partial charge in [-0.15, -0.1) is 0 Å². The topological polar surface area (TPSA) is 63.7 Å². The zero-order valence-corrected chi connectivity index (χ0v) is 10.2. The lowest BCUT2D eigenvalue weighted by Gasteiger charge is -2.12. The molecule has 1 heterocycles. The molecule has 2 amide bonds. The summed E-state index contributed by atoms with van der Waals surface area (Å²) in [5.74, 6) is -0.318. The average Bonchev–Trinajstić information content (AvgIpc) is 2.60. The third kappa shape index (κ3) is 4.54. The lowest BCUT2D eigenvalue weighted by Crippen LogP contribution is -2.29. The molecule has 0 unspecified atom stereocenters. The summed E-state index contributed by atoms with van der Waals surface area (Å²) in [5, 5.41) is 0. The van der Waals surface area contributed by atoms with E-state index in [0.29, 0.717) is 32.4 Å². The smallest absolute Gasteiger partial charge is 0.305 e. The molecule has 0 aromatic carbocycles. The second-order valence-electron chi connectivity index (χ2n) is 4.05. The second-order valence-corrected chi connectivity index (χ2v) is 4.05. The normalized spacial score (nSPS) is 15.5. The minimum Gasteiger partial charge on any atom is -0.466 e. The molecule has 0 spiro atoms. The van der Waals surface area contributed by atoms with Gasteiger partial charge >= 0.3 is 5.97 Å². The number of nitrogens with zero attached hydrogens (tertiary/aromatic N) is 1. The predicted molar refractivity (Wildman–Crippen MR) is 61.1 cm³/mol. The highest BCUT2D eigenvalue weighted by molar-refractivity contribution is 6.01. The fourth-order valence-electron chi connectivity index (χ4n) is 1.82. The van der Waals surface area contributed by atoms with Gasteiger partial charge in [-0.05, 0) is 19.8 Å². The van der Waals surface area contributed by atoms with E-state index in [1.807, 2.05) is 0 Å². The van der Waals surface area contributed by atoms with Crippen molar-refractivity contribution >= 4 is 17.8 Å². The number of amides is 2. The number of unbranched alkanes of at least 4 members (excludes halogenated alkanes) is 2. The summed E-state index contributed by atoms with van der Waals surface area (Å²) >= 11 is 0. The lowest BCUT2D eigenvalue weighted by molar-refractivity contribution is -0.143. The van der Waals surface area contributed by atoms with Crippen molar-refractivity contribution in [2.24, 2.45) is 0 Å². The Kier molecular flexibility index (Phi) is 5.66. The number of carbonyl (C=O) groups excluding carboxylic acids is 3. The van der Waals surface area contributed by atoms with Gasteiger partial charge in [-0.2, -0.15) is 0 Å². The molecule has 17 heavy (non-hydrogen) atoms. The van der Waals surface area contributed by atoms with Gasteiger partial charge in [-0.25, -0.2) is 0 Å². The Morgan fingerprint density at radius 3 is 2.41 bits per heavy atom. The molecule has 1 aliphatic rings. The van der Waals surface area contributed by atoms with E-state index in [0.717, 1.165) is 19.3 Å². The molecule has 0 saturated carbocycles. The Morgan fingerprint density at radius 2 is 1.82 bits per heavy atom. The van der Waals surface area contributed by atoms with Gasteiger partial charge in [0.1, 0.15) is 0 Å². The lowest BCUT2D eigenvalue weighted by atomic mass is 10.2. The quantitative estimate of drug-likeness (QED) is 0.382. The molecule has 0 radical (unpaired) electrons. The number of rotatable bonds is 7. The highest BCUT2D eigenvalue weighted by Gasteiger charge is 2.27. The van der Waals surface area contributed by atoms with Crippen LogP contribution in [0.25, 0.3) is 0 Å². The summed E-state index contributed by atoms with van der Waals surface area (Å²) in [6.07, 6.45) is 3.45. The summed E-state index contributed by atoms with van der Waals surface area (Å²) in [7, 11) is 0. The molecule has 5 nitrogen and oxygen atoms in total. The number of carbonyl (C=O) groups is 3. The summed E-state index contributed by atoms with van der Waals surface area (Å²) in [6.45, 7) is 2.68. The van der Waals surface area contributed by atoms with Gasteiger partial charge in [-0.1, -0.05) is 6.42 Å². The van der Waals surface area contributed by atoms with Crippen molar-refractivity contribution in [3.8, 4) is 0 Å². The standard InChI is InChI=1S/C12H19NO4/c1-2-17-12(16)6-4-3-5-9-13-10(14)7-8-11(13)15/h2-9H2,1H3. The molecule has 1 rings (SSSR count). The highest BCUT2D eigenvalue weighted by Crippen LogP contribution is 2.13. The molecule has 0 bridgehead atoms. The largest absolute Gasteiger partial charge is 0.466 e. The van der Waals surface area contributed by atoms with Crippen molar-refractivity contribution in [3.05, 3.63) is 0 Å². The summed E-state index contributed by atoms with van der Waals surface area (Å²) in [4.78, 5) is 34.9. The average molecular weight is 241 g/mol. The first kappa shape index (κ1) is 13.7. The first-order chi connectivity index (χ1) is 8.15. The van der Waals surface area contributed by atoms with Gasteiger partial charge in [-0.3, -0.25) is 19.3 Å². The summed E-state index contributed by atoms with van der Waals surface area (Å²) < 4.78 is 4.80. The maximum Gasteiger partial charge on any atom is 0.305 e. The zero-order valence-electron chi connectivity index (χ0n) is 10.2. The van der Waals surface area contributed by atoms with Gasteiger partial charge in [0.2, 0.25) is 11.8 Å². The first-order valence-corrected chi connectivity index (χ1v) is 6.14. The molecular weight excluding hydrogens is 222 g/mol. The van der Waals surface area contributed by atoms with E-state index in [1.165, 1.54) is 4.90 Å². The van der Waals surface area contributed by atoms with Crippen molar-refractivity contribution in [1.82, 2.24) is 4.90 Å². The molecule has 0 N–H and O–H groups in total. The van der Waals surface area contributed by atoms with Crippen molar-refractivity contribution in [3.63, 3.8) is 0 Å². The predicted octanol–water partition coefficient (Wildman–Crippen LogP) is 1.26. The molecule has 0 aliphatic carbocycles. The molecule has 5 heteroatoms. The van der Waals surface area contributed by atoms with Crippen molar-refractivity contribution < 1.29 is 19.1 Å². The Hall–Kier alpha value is -1.39. The van der Waals surface area contributed by atoms with Crippen molar-refractivity contribution in [1.29, 1.82) is 0 Å².